The first-order valence-electron chi connectivity index (χ1n) is 18.3. The largest absolute Gasteiger partial charge is 0.456 e. The highest BCUT2D eigenvalue weighted by Gasteiger charge is 2.20. The Kier molecular flexibility index (Phi) is 6.24. The summed E-state index contributed by atoms with van der Waals surface area (Å²) in [6, 6.07) is 58.6. The zero-order valence-electron chi connectivity index (χ0n) is 29.3. The van der Waals surface area contributed by atoms with Crippen molar-refractivity contribution in [2.75, 3.05) is 0 Å². The summed E-state index contributed by atoms with van der Waals surface area (Å²) < 4.78 is 15.1. The number of para-hydroxylation sites is 2. The summed E-state index contributed by atoms with van der Waals surface area (Å²) in [5.41, 5.74) is 9.25. The molecule has 6 nitrogen and oxygen atoms in total. The minimum absolute atomic E-state index is 0.577. The van der Waals surface area contributed by atoms with E-state index in [2.05, 4.69) is 102 Å². The van der Waals surface area contributed by atoms with E-state index in [4.69, 9.17) is 23.8 Å². The van der Waals surface area contributed by atoms with Gasteiger partial charge in [0, 0.05) is 60.8 Å². The van der Waals surface area contributed by atoms with Gasteiger partial charge in [-0.05, 0) is 71.4 Å². The van der Waals surface area contributed by atoms with Gasteiger partial charge in [0.1, 0.15) is 22.3 Å². The monoisotopic (exact) mass is 704 g/mol. The van der Waals surface area contributed by atoms with E-state index in [0.29, 0.717) is 17.5 Å². The maximum atomic E-state index is 6.66. The molecule has 12 aromatic rings. The molecule has 0 aliphatic rings. The lowest BCUT2D eigenvalue weighted by Gasteiger charge is -2.10. The Morgan fingerprint density at radius 1 is 0.364 bits per heavy atom. The van der Waals surface area contributed by atoms with Crippen LogP contribution in [0.5, 0.6) is 0 Å². The number of benzene rings is 8. The van der Waals surface area contributed by atoms with Crippen molar-refractivity contribution in [1.29, 1.82) is 0 Å². The Hall–Kier alpha value is -7.57. The van der Waals surface area contributed by atoms with Gasteiger partial charge < -0.3 is 13.4 Å². The zero-order chi connectivity index (χ0) is 36.0. The van der Waals surface area contributed by atoms with Crippen LogP contribution in [0.1, 0.15) is 0 Å². The van der Waals surface area contributed by atoms with Crippen molar-refractivity contribution in [3.8, 4) is 39.9 Å². The van der Waals surface area contributed by atoms with Gasteiger partial charge in [0.2, 0.25) is 0 Å². The molecule has 12 rings (SSSR count). The highest BCUT2D eigenvalue weighted by atomic mass is 16.3. The predicted octanol–water partition coefficient (Wildman–Crippen LogP) is 12.9. The molecule has 0 aliphatic heterocycles. The van der Waals surface area contributed by atoms with Crippen molar-refractivity contribution < 1.29 is 8.83 Å². The molecule has 8 aromatic carbocycles. The van der Waals surface area contributed by atoms with Gasteiger partial charge in [0.25, 0.3) is 0 Å². The first-order valence-corrected chi connectivity index (χ1v) is 18.3. The van der Waals surface area contributed by atoms with Crippen LogP contribution in [-0.4, -0.2) is 19.5 Å². The summed E-state index contributed by atoms with van der Waals surface area (Å²) in [6.07, 6.45) is 0. The Morgan fingerprint density at radius 2 is 1.05 bits per heavy atom. The second kappa shape index (κ2) is 11.5. The number of furan rings is 2. The van der Waals surface area contributed by atoms with Gasteiger partial charge in [-0.3, -0.25) is 0 Å². The first kappa shape index (κ1) is 29.9. The lowest BCUT2D eigenvalue weighted by Crippen LogP contribution is -2.00. The van der Waals surface area contributed by atoms with Gasteiger partial charge in [-0.15, -0.1) is 0 Å². The lowest BCUT2D eigenvalue weighted by atomic mass is 10.0. The van der Waals surface area contributed by atoms with Crippen LogP contribution in [-0.2, 0) is 0 Å². The van der Waals surface area contributed by atoms with E-state index in [1.807, 2.05) is 72.8 Å². The van der Waals surface area contributed by atoms with Gasteiger partial charge in [0.15, 0.2) is 17.5 Å². The standard InChI is InChI=1S/C49H28N4O2/c1-2-11-29(12-3-1)47-50-48(32-21-24-43-39(26-32)35-16-7-9-19-42(35)54-43)52-49(51-47)37-17-10-20-44-46(37)36-23-22-33(28-45(36)55-44)53-40-18-8-6-15-34(40)38-25-30-13-4-5-14-31(30)27-41(38)53/h1-28H. The van der Waals surface area contributed by atoms with E-state index in [-0.39, 0.29) is 0 Å². The van der Waals surface area contributed by atoms with Gasteiger partial charge in [-0.2, -0.15) is 0 Å². The molecule has 4 aromatic heterocycles. The fourth-order valence-corrected chi connectivity index (χ4v) is 8.28. The summed E-state index contributed by atoms with van der Waals surface area (Å²) in [7, 11) is 0. The van der Waals surface area contributed by atoms with Crippen molar-refractivity contribution in [2.45, 2.75) is 0 Å². The maximum absolute atomic E-state index is 6.66. The van der Waals surface area contributed by atoms with Gasteiger partial charge >= 0.3 is 0 Å². The fourth-order valence-electron chi connectivity index (χ4n) is 8.28. The zero-order valence-corrected chi connectivity index (χ0v) is 29.3. The van der Waals surface area contributed by atoms with Crippen LogP contribution in [0.25, 0.3) is 116 Å². The van der Waals surface area contributed by atoms with Crippen molar-refractivity contribution in [2.24, 2.45) is 0 Å². The van der Waals surface area contributed by atoms with E-state index in [1.54, 1.807) is 0 Å². The SMILES string of the molecule is c1ccc(-c2nc(-c3ccc4oc5ccccc5c4c3)nc(-c3cccc4oc5cc(-n6c7ccccc7c7cc8ccccc8cc76)ccc5c34)n2)cc1. The molecule has 0 bridgehead atoms. The second-order valence-corrected chi connectivity index (χ2v) is 14.0. The molecule has 0 unspecified atom stereocenters. The molecule has 0 spiro atoms. The predicted molar refractivity (Wildman–Crippen MR) is 223 cm³/mol. The van der Waals surface area contributed by atoms with Crippen molar-refractivity contribution in [1.82, 2.24) is 19.5 Å². The molecule has 0 fully saturated rings. The quantitative estimate of drug-likeness (QED) is 0.182. The van der Waals surface area contributed by atoms with Crippen LogP contribution in [0.15, 0.2) is 179 Å². The molecule has 4 heterocycles. The molecule has 0 atom stereocenters. The van der Waals surface area contributed by atoms with Crippen LogP contribution in [0.3, 0.4) is 0 Å². The van der Waals surface area contributed by atoms with E-state index in [9.17, 15) is 0 Å². The summed E-state index contributed by atoms with van der Waals surface area (Å²) in [5.74, 6) is 1.76. The Labute approximate surface area is 313 Å². The van der Waals surface area contributed by atoms with Crippen molar-refractivity contribution >= 4 is 76.5 Å². The Balaban J connectivity index is 1.06. The molecule has 55 heavy (non-hydrogen) atoms. The minimum atomic E-state index is 0.577. The van der Waals surface area contributed by atoms with Crippen molar-refractivity contribution in [3.05, 3.63) is 170 Å². The lowest BCUT2D eigenvalue weighted by molar-refractivity contribution is 0.668. The Bertz CT molecular complexity index is 3500. The van der Waals surface area contributed by atoms with Crippen LogP contribution >= 0.6 is 0 Å². The fraction of sp³-hybridized carbons (Fsp3) is 0. The van der Waals surface area contributed by atoms with Gasteiger partial charge in [0.05, 0.1) is 11.0 Å². The molecular formula is C49H28N4O2. The topological polar surface area (TPSA) is 69.9 Å². The summed E-state index contributed by atoms with van der Waals surface area (Å²) in [5, 5.41) is 8.91. The number of hydrogen-bond acceptors (Lipinski definition) is 5. The Morgan fingerprint density at radius 3 is 1.95 bits per heavy atom. The normalized spacial score (nSPS) is 12.0. The molecule has 256 valence electrons. The minimum Gasteiger partial charge on any atom is -0.456 e. The van der Waals surface area contributed by atoms with E-state index in [1.165, 1.54) is 21.5 Å². The molecule has 0 radical (unpaired) electrons. The van der Waals surface area contributed by atoms with Crippen LogP contribution in [0, 0.1) is 0 Å². The highest BCUT2D eigenvalue weighted by Crippen LogP contribution is 2.40. The number of nitrogens with zero attached hydrogens (tertiary/aromatic N) is 4. The first-order chi connectivity index (χ1) is 27.2. The molecule has 6 heteroatoms. The van der Waals surface area contributed by atoms with Gasteiger partial charge in [-0.1, -0.05) is 103 Å². The van der Waals surface area contributed by atoms with Crippen molar-refractivity contribution in [3.63, 3.8) is 0 Å². The third kappa shape index (κ3) is 4.58. The smallest absolute Gasteiger partial charge is 0.164 e. The highest BCUT2D eigenvalue weighted by molar-refractivity contribution is 6.15. The number of aromatic nitrogens is 4. The average molecular weight is 705 g/mol. The summed E-state index contributed by atoms with van der Waals surface area (Å²) in [6.45, 7) is 0. The van der Waals surface area contributed by atoms with E-state index in [0.717, 1.165) is 77.3 Å². The maximum Gasteiger partial charge on any atom is 0.164 e. The molecule has 0 saturated carbocycles. The third-order valence-corrected chi connectivity index (χ3v) is 10.8. The average Bonchev–Trinajstić information content (AvgIpc) is 3.91. The molecule has 0 saturated heterocycles. The van der Waals surface area contributed by atoms with E-state index >= 15 is 0 Å². The van der Waals surface area contributed by atoms with Crippen LogP contribution in [0.4, 0.5) is 0 Å². The number of fused-ring (bicyclic) bond motifs is 10. The molecule has 0 aliphatic carbocycles. The van der Waals surface area contributed by atoms with E-state index < -0.39 is 0 Å². The number of hydrogen-bond donors (Lipinski definition) is 0. The second-order valence-electron chi connectivity index (χ2n) is 14.0. The molecule has 0 amide bonds. The molecular weight excluding hydrogens is 677 g/mol. The summed E-state index contributed by atoms with van der Waals surface area (Å²) >= 11 is 0. The van der Waals surface area contributed by atoms with Gasteiger partial charge in [-0.25, -0.2) is 15.0 Å². The number of rotatable bonds is 4. The molecule has 0 N–H and O–H groups in total. The third-order valence-electron chi connectivity index (χ3n) is 10.8. The van der Waals surface area contributed by atoms with Crippen LogP contribution < -0.4 is 0 Å². The summed E-state index contributed by atoms with van der Waals surface area (Å²) in [4.78, 5) is 15.3. The van der Waals surface area contributed by atoms with Crippen LogP contribution in [0.2, 0.25) is 0 Å².